The van der Waals surface area contributed by atoms with Crippen LogP contribution in [-0.2, 0) is 17.9 Å². The van der Waals surface area contributed by atoms with Crippen LogP contribution in [0.1, 0.15) is 38.1 Å². The highest BCUT2D eigenvalue weighted by atomic mass is 79.9. The highest BCUT2D eigenvalue weighted by Crippen LogP contribution is 2.33. The van der Waals surface area contributed by atoms with Crippen LogP contribution in [0.25, 0.3) is 10.4 Å². The number of halogens is 1. The minimum Gasteiger partial charge on any atom is -0.591 e. The zero-order valence-electron chi connectivity index (χ0n) is 15.6. The second-order valence-electron chi connectivity index (χ2n) is 7.24. The molecule has 1 heterocycles. The predicted molar refractivity (Wildman–Crippen MR) is 115 cm³/mol. The van der Waals surface area contributed by atoms with E-state index in [1.807, 2.05) is 27.7 Å². The van der Waals surface area contributed by atoms with Gasteiger partial charge < -0.3 is 9.45 Å². The maximum Gasteiger partial charge on any atom is 0.144 e. The van der Waals surface area contributed by atoms with Gasteiger partial charge in [0.2, 0.25) is 0 Å². The molecule has 1 atom stereocenters. The third-order valence-corrected chi connectivity index (χ3v) is 6.73. The zero-order valence-corrected chi connectivity index (χ0v) is 18.8. The fraction of sp³-hybridized carbons (Fsp3) is 0.421. The second-order valence-corrected chi connectivity index (χ2v) is 11.1. The van der Waals surface area contributed by atoms with E-state index in [4.69, 9.17) is 0 Å². The number of thiophene rings is 1. The summed E-state index contributed by atoms with van der Waals surface area (Å²) in [7, 11) is 4.15. The van der Waals surface area contributed by atoms with E-state index in [1.54, 1.807) is 11.3 Å². The van der Waals surface area contributed by atoms with E-state index >= 15 is 0 Å². The van der Waals surface area contributed by atoms with Gasteiger partial charge in [0.25, 0.3) is 0 Å². The van der Waals surface area contributed by atoms with E-state index in [2.05, 4.69) is 69.7 Å². The number of rotatable bonds is 5. The lowest BCUT2D eigenvalue weighted by Crippen LogP contribution is -2.26. The first-order valence-corrected chi connectivity index (χ1v) is 10.8. The van der Waals surface area contributed by atoms with Crippen LogP contribution in [-0.4, -0.2) is 34.0 Å². The number of benzene rings is 1. The van der Waals surface area contributed by atoms with Gasteiger partial charge in [-0.05, 0) is 77.2 Å². The van der Waals surface area contributed by atoms with Crippen LogP contribution in [0.15, 0.2) is 39.2 Å². The molecule has 1 aromatic carbocycles. The lowest BCUT2D eigenvalue weighted by atomic mass is 10.1. The first-order chi connectivity index (χ1) is 11.6. The molecule has 0 aliphatic rings. The Labute approximate surface area is 166 Å². The third kappa shape index (κ3) is 5.66. The summed E-state index contributed by atoms with van der Waals surface area (Å²) in [5.41, 5.74) is 3.34. The van der Waals surface area contributed by atoms with Crippen LogP contribution in [0.4, 0.5) is 0 Å². The molecule has 1 aromatic heterocycles. The number of nitrogens with zero attached hydrogens (tertiary/aromatic N) is 2. The van der Waals surface area contributed by atoms with Crippen molar-refractivity contribution in [2.75, 3.05) is 14.1 Å². The van der Waals surface area contributed by atoms with Crippen LogP contribution in [0.5, 0.6) is 0 Å². The molecular formula is C19H25BrN2OS2. The van der Waals surface area contributed by atoms with E-state index in [9.17, 15) is 4.55 Å². The van der Waals surface area contributed by atoms with Gasteiger partial charge in [-0.25, -0.2) is 0 Å². The van der Waals surface area contributed by atoms with E-state index in [0.29, 0.717) is 0 Å². The zero-order chi connectivity index (χ0) is 18.8. The molecule has 2 aromatic rings. The monoisotopic (exact) mass is 440 g/mol. The maximum absolute atomic E-state index is 12.3. The van der Waals surface area contributed by atoms with Crippen molar-refractivity contribution in [3.8, 4) is 10.4 Å². The van der Waals surface area contributed by atoms with Crippen LogP contribution in [0, 0.1) is 0 Å². The van der Waals surface area contributed by atoms with Crippen LogP contribution in [0.3, 0.4) is 0 Å². The molecule has 3 nitrogen and oxygen atoms in total. The smallest absolute Gasteiger partial charge is 0.144 e. The van der Waals surface area contributed by atoms with Crippen molar-refractivity contribution in [2.45, 2.75) is 39.0 Å². The summed E-state index contributed by atoms with van der Waals surface area (Å²) >= 11 is 4.02. The molecular weight excluding hydrogens is 416 g/mol. The SMILES string of the molecule is C/C(=N/[S+]([O-])C(C)(C)C)c1ccc(-c2ccc(Br)cc2CN(C)C)s1. The first-order valence-electron chi connectivity index (χ1n) is 8.09. The van der Waals surface area contributed by atoms with Gasteiger partial charge in [0, 0.05) is 15.9 Å². The molecule has 0 aliphatic heterocycles. The molecule has 0 amide bonds. The molecule has 136 valence electrons. The van der Waals surface area contributed by atoms with Crippen molar-refractivity contribution < 1.29 is 4.55 Å². The molecule has 25 heavy (non-hydrogen) atoms. The van der Waals surface area contributed by atoms with Gasteiger partial charge in [-0.2, -0.15) is 0 Å². The Morgan fingerprint density at radius 1 is 1.24 bits per heavy atom. The van der Waals surface area contributed by atoms with Crippen LogP contribution in [0.2, 0.25) is 0 Å². The van der Waals surface area contributed by atoms with Crippen molar-refractivity contribution in [3.63, 3.8) is 0 Å². The van der Waals surface area contributed by atoms with Gasteiger partial charge in [0.05, 0.1) is 4.88 Å². The average Bonchev–Trinajstić information content (AvgIpc) is 2.95. The minimum absolute atomic E-state index is 0.341. The highest BCUT2D eigenvalue weighted by molar-refractivity contribution is 9.10. The third-order valence-electron chi connectivity index (χ3n) is 3.53. The average molecular weight is 441 g/mol. The fourth-order valence-corrected chi connectivity index (χ4v) is 4.36. The molecule has 0 saturated carbocycles. The Kier molecular flexibility index (Phi) is 6.90. The van der Waals surface area contributed by atoms with Gasteiger partial charge in [0.15, 0.2) is 0 Å². The number of hydrogen-bond acceptors (Lipinski definition) is 4. The van der Waals surface area contributed by atoms with Gasteiger partial charge in [-0.3, -0.25) is 0 Å². The molecule has 1 unspecified atom stereocenters. The van der Waals surface area contributed by atoms with E-state index in [1.165, 1.54) is 16.0 Å². The Balaban J connectivity index is 2.34. The molecule has 2 rings (SSSR count). The van der Waals surface area contributed by atoms with Crippen molar-refractivity contribution in [1.82, 2.24) is 4.90 Å². The normalized spacial score (nSPS) is 14.2. The quantitative estimate of drug-likeness (QED) is 0.453. The molecule has 0 spiro atoms. The van der Waals surface area contributed by atoms with Gasteiger partial charge >= 0.3 is 0 Å². The van der Waals surface area contributed by atoms with E-state index < -0.39 is 11.4 Å². The van der Waals surface area contributed by atoms with Gasteiger partial charge in [-0.15, -0.1) is 11.3 Å². The lowest BCUT2D eigenvalue weighted by Gasteiger charge is -2.18. The van der Waals surface area contributed by atoms with Crippen molar-refractivity contribution in [1.29, 1.82) is 0 Å². The molecule has 0 N–H and O–H groups in total. The first kappa shape index (κ1) is 20.6. The molecule has 0 saturated heterocycles. The summed E-state index contributed by atoms with van der Waals surface area (Å²) in [4.78, 5) is 4.43. The van der Waals surface area contributed by atoms with Crippen LogP contribution < -0.4 is 0 Å². The van der Waals surface area contributed by atoms with Crippen LogP contribution >= 0.6 is 27.3 Å². The maximum atomic E-state index is 12.3. The standard InChI is InChI=1S/C19H25BrN2OS2/c1-13(21-25(23)19(2,3)4)17-9-10-18(24-17)16-8-7-15(20)11-14(16)12-22(5)6/h7-11H,12H2,1-6H3/b21-13-. The Bertz CT molecular complexity index is 763. The second kappa shape index (κ2) is 8.35. The Morgan fingerprint density at radius 3 is 2.52 bits per heavy atom. The Hall–Kier alpha value is -0.660. The Morgan fingerprint density at radius 2 is 1.92 bits per heavy atom. The topological polar surface area (TPSA) is 38.7 Å². The largest absolute Gasteiger partial charge is 0.591 e. The van der Waals surface area contributed by atoms with Crippen molar-refractivity contribution in [2.24, 2.45) is 4.40 Å². The van der Waals surface area contributed by atoms with E-state index in [-0.39, 0.29) is 4.75 Å². The van der Waals surface area contributed by atoms with Crippen molar-refractivity contribution in [3.05, 3.63) is 45.2 Å². The number of hydrogen-bond donors (Lipinski definition) is 0. The van der Waals surface area contributed by atoms with Crippen molar-refractivity contribution >= 4 is 44.3 Å². The fourth-order valence-electron chi connectivity index (χ4n) is 2.26. The molecule has 6 heteroatoms. The molecule has 0 bridgehead atoms. The summed E-state index contributed by atoms with van der Waals surface area (Å²) in [6.07, 6.45) is 0. The summed E-state index contributed by atoms with van der Waals surface area (Å²) in [6.45, 7) is 8.63. The lowest BCUT2D eigenvalue weighted by molar-refractivity contribution is 0.403. The molecule has 0 aliphatic carbocycles. The van der Waals surface area contributed by atoms with E-state index in [0.717, 1.165) is 21.6 Å². The van der Waals surface area contributed by atoms with Gasteiger partial charge in [-0.1, -0.05) is 26.4 Å². The summed E-state index contributed by atoms with van der Waals surface area (Å²) in [5.74, 6) is 0. The summed E-state index contributed by atoms with van der Waals surface area (Å²) in [5, 5.41) is 0. The molecule has 0 radical (unpaired) electrons. The summed E-state index contributed by atoms with van der Waals surface area (Å²) in [6, 6.07) is 10.6. The highest BCUT2D eigenvalue weighted by Gasteiger charge is 2.27. The minimum atomic E-state index is -1.24. The van der Waals surface area contributed by atoms with Gasteiger partial charge in [0.1, 0.15) is 21.8 Å². The molecule has 0 fully saturated rings. The summed E-state index contributed by atoms with van der Waals surface area (Å²) < 4.78 is 17.4. The predicted octanol–water partition coefficient (Wildman–Crippen LogP) is 5.51.